The summed E-state index contributed by atoms with van der Waals surface area (Å²) in [4.78, 5) is 0. The van der Waals surface area contributed by atoms with Crippen molar-refractivity contribution >= 4 is 0 Å². The number of ether oxygens (including phenoxy) is 3. The number of aryl methyl sites for hydroxylation is 2. The minimum Gasteiger partial charge on any atom is -0.493 e. The van der Waals surface area contributed by atoms with Gasteiger partial charge in [-0.25, -0.2) is 4.68 Å². The molecule has 0 bridgehead atoms. The lowest BCUT2D eigenvalue weighted by atomic mass is 9.84. The molecular formula is C27H30N4O3. The first-order chi connectivity index (χ1) is 16.5. The topological polar surface area (TPSA) is 95.3 Å². The average molecular weight is 459 g/mol. The van der Waals surface area contributed by atoms with Crippen LogP contribution < -0.4 is 19.9 Å². The molecule has 1 atom stereocenters. The van der Waals surface area contributed by atoms with Crippen molar-refractivity contribution in [3.05, 3.63) is 76.3 Å². The number of hydrogen-bond acceptors (Lipinski definition) is 6. The zero-order chi connectivity index (χ0) is 24.2. The monoisotopic (exact) mass is 458 g/mol. The van der Waals surface area contributed by atoms with Gasteiger partial charge in [-0.1, -0.05) is 43.5 Å². The Balaban J connectivity index is 1.78. The van der Waals surface area contributed by atoms with E-state index >= 15 is 0 Å². The van der Waals surface area contributed by atoms with Gasteiger partial charge < -0.3 is 19.9 Å². The molecule has 0 saturated heterocycles. The van der Waals surface area contributed by atoms with Crippen LogP contribution in [0, 0.1) is 25.2 Å². The largest absolute Gasteiger partial charge is 0.493 e. The van der Waals surface area contributed by atoms with E-state index < -0.39 is 5.92 Å². The highest BCUT2D eigenvalue weighted by molar-refractivity contribution is 5.59. The number of unbranched alkanes of at least 4 members (excludes halogenated alkanes) is 2. The fourth-order valence-corrected chi connectivity index (χ4v) is 4.23. The van der Waals surface area contributed by atoms with Crippen molar-refractivity contribution in [2.45, 2.75) is 46.0 Å². The number of nitrogens with two attached hydrogens (primary N) is 1. The quantitative estimate of drug-likeness (QED) is 0.461. The summed E-state index contributed by atoms with van der Waals surface area (Å²) in [5.74, 6) is 1.45. The second-order valence-electron chi connectivity index (χ2n) is 8.44. The molecule has 0 radical (unpaired) electrons. The fourth-order valence-electron chi connectivity index (χ4n) is 4.23. The summed E-state index contributed by atoms with van der Waals surface area (Å²) in [5.41, 5.74) is 11.0. The summed E-state index contributed by atoms with van der Waals surface area (Å²) in [6.45, 7) is 6.74. The third kappa shape index (κ3) is 4.32. The van der Waals surface area contributed by atoms with Crippen LogP contribution in [0.5, 0.6) is 17.4 Å². The van der Waals surface area contributed by atoms with E-state index in [4.69, 9.17) is 25.0 Å². The molecule has 7 heteroatoms. The lowest BCUT2D eigenvalue weighted by Gasteiger charge is -2.25. The molecule has 34 heavy (non-hydrogen) atoms. The van der Waals surface area contributed by atoms with E-state index in [9.17, 15) is 5.26 Å². The summed E-state index contributed by atoms with van der Waals surface area (Å²) in [6, 6.07) is 16.0. The van der Waals surface area contributed by atoms with Gasteiger partial charge in [0.15, 0.2) is 11.5 Å². The maximum Gasteiger partial charge on any atom is 0.229 e. The Labute approximate surface area is 200 Å². The van der Waals surface area contributed by atoms with E-state index in [0.717, 1.165) is 47.3 Å². The Hall–Kier alpha value is -3.92. The lowest BCUT2D eigenvalue weighted by Crippen LogP contribution is -2.22. The first kappa shape index (κ1) is 23.2. The van der Waals surface area contributed by atoms with Gasteiger partial charge in [-0.3, -0.25) is 0 Å². The molecule has 1 aromatic heterocycles. The third-order valence-corrected chi connectivity index (χ3v) is 6.04. The van der Waals surface area contributed by atoms with Crippen molar-refractivity contribution in [1.29, 1.82) is 5.26 Å². The summed E-state index contributed by atoms with van der Waals surface area (Å²) in [7, 11) is 1.61. The Morgan fingerprint density at radius 3 is 2.56 bits per heavy atom. The van der Waals surface area contributed by atoms with Gasteiger partial charge in [0.05, 0.1) is 36.6 Å². The van der Waals surface area contributed by atoms with Gasteiger partial charge in [-0.2, -0.15) is 10.4 Å². The highest BCUT2D eigenvalue weighted by Gasteiger charge is 2.36. The molecule has 3 aromatic rings. The second kappa shape index (κ2) is 9.92. The van der Waals surface area contributed by atoms with Crippen molar-refractivity contribution in [1.82, 2.24) is 9.78 Å². The van der Waals surface area contributed by atoms with Crippen molar-refractivity contribution in [3.8, 4) is 29.1 Å². The number of aromatic nitrogens is 2. The van der Waals surface area contributed by atoms with Crippen molar-refractivity contribution in [3.63, 3.8) is 0 Å². The first-order valence-electron chi connectivity index (χ1n) is 11.5. The molecular weight excluding hydrogens is 428 g/mol. The SMILES string of the molecule is CCCCCOc1ccc(C2C(C#N)=C(N)Oc3c2c(C)nn3-c2ccc(C)cc2)cc1OC. The molecule has 2 heterocycles. The van der Waals surface area contributed by atoms with Crippen LogP contribution in [0.25, 0.3) is 5.69 Å². The zero-order valence-corrected chi connectivity index (χ0v) is 20.1. The van der Waals surface area contributed by atoms with Gasteiger partial charge in [0.1, 0.15) is 11.6 Å². The minimum atomic E-state index is -0.434. The summed E-state index contributed by atoms with van der Waals surface area (Å²) >= 11 is 0. The summed E-state index contributed by atoms with van der Waals surface area (Å²) < 4.78 is 19.3. The summed E-state index contributed by atoms with van der Waals surface area (Å²) in [5, 5.41) is 14.7. The van der Waals surface area contributed by atoms with Crippen molar-refractivity contribution < 1.29 is 14.2 Å². The lowest BCUT2D eigenvalue weighted by molar-refractivity contribution is 0.286. The smallest absolute Gasteiger partial charge is 0.229 e. The number of nitrogens with zero attached hydrogens (tertiary/aromatic N) is 3. The van der Waals surface area contributed by atoms with Gasteiger partial charge in [0, 0.05) is 0 Å². The van der Waals surface area contributed by atoms with Gasteiger partial charge in [-0.15, -0.1) is 0 Å². The Morgan fingerprint density at radius 1 is 1.12 bits per heavy atom. The first-order valence-corrected chi connectivity index (χ1v) is 11.5. The Kier molecular flexibility index (Phi) is 6.78. The van der Waals surface area contributed by atoms with Crippen LogP contribution in [0.4, 0.5) is 0 Å². The van der Waals surface area contributed by atoms with Gasteiger partial charge in [0.25, 0.3) is 0 Å². The van der Waals surface area contributed by atoms with E-state index in [2.05, 4.69) is 13.0 Å². The predicted octanol–water partition coefficient (Wildman–Crippen LogP) is 5.28. The molecule has 1 unspecified atom stereocenters. The summed E-state index contributed by atoms with van der Waals surface area (Å²) in [6.07, 6.45) is 3.23. The molecule has 1 aliphatic rings. The highest BCUT2D eigenvalue weighted by Crippen LogP contribution is 2.46. The van der Waals surface area contributed by atoms with Crippen LogP contribution >= 0.6 is 0 Å². The minimum absolute atomic E-state index is 0.0760. The van der Waals surface area contributed by atoms with Crippen LogP contribution in [0.2, 0.25) is 0 Å². The molecule has 176 valence electrons. The van der Waals surface area contributed by atoms with Gasteiger partial charge in [-0.05, 0) is 50.1 Å². The number of fused-ring (bicyclic) bond motifs is 1. The Bertz CT molecular complexity index is 1250. The third-order valence-electron chi connectivity index (χ3n) is 6.04. The fraction of sp³-hybridized carbons (Fsp3) is 0.333. The van der Waals surface area contributed by atoms with Crippen LogP contribution in [0.3, 0.4) is 0 Å². The highest BCUT2D eigenvalue weighted by atomic mass is 16.5. The van der Waals surface area contributed by atoms with Crippen molar-refractivity contribution in [2.24, 2.45) is 5.73 Å². The maximum absolute atomic E-state index is 9.96. The zero-order valence-electron chi connectivity index (χ0n) is 20.1. The number of benzene rings is 2. The number of methoxy groups -OCH3 is 1. The second-order valence-corrected chi connectivity index (χ2v) is 8.44. The molecule has 0 saturated carbocycles. The Morgan fingerprint density at radius 2 is 1.88 bits per heavy atom. The van der Waals surface area contributed by atoms with Crippen LogP contribution in [0.1, 0.15) is 54.5 Å². The normalized spacial score (nSPS) is 14.9. The number of allylic oxidation sites excluding steroid dienone is 1. The number of nitriles is 1. The van der Waals surface area contributed by atoms with E-state index in [1.54, 1.807) is 11.8 Å². The van der Waals surface area contributed by atoms with E-state index in [1.807, 2.05) is 56.3 Å². The molecule has 0 aliphatic carbocycles. The number of hydrogen-bond donors (Lipinski definition) is 1. The van der Waals surface area contributed by atoms with Gasteiger partial charge in [0.2, 0.25) is 11.8 Å². The molecule has 2 aromatic carbocycles. The van der Waals surface area contributed by atoms with Crippen LogP contribution in [-0.2, 0) is 0 Å². The molecule has 7 nitrogen and oxygen atoms in total. The average Bonchev–Trinajstić information content (AvgIpc) is 3.17. The molecule has 4 rings (SSSR count). The van der Waals surface area contributed by atoms with E-state index in [-0.39, 0.29) is 5.88 Å². The molecule has 2 N–H and O–H groups in total. The number of rotatable bonds is 8. The van der Waals surface area contributed by atoms with Crippen LogP contribution in [-0.4, -0.2) is 23.5 Å². The molecule has 0 spiro atoms. The molecule has 1 aliphatic heterocycles. The van der Waals surface area contributed by atoms with E-state index in [0.29, 0.717) is 29.6 Å². The standard InChI is InChI=1S/C27H30N4O3/c1-5-6-7-14-33-22-13-10-19(15-23(22)32-4)25-21(16-28)26(29)34-27-24(25)18(3)30-31(27)20-11-8-17(2)9-12-20/h8-13,15,25H,5-7,14,29H2,1-4H3. The van der Waals surface area contributed by atoms with E-state index in [1.165, 1.54) is 0 Å². The van der Waals surface area contributed by atoms with Gasteiger partial charge >= 0.3 is 0 Å². The van der Waals surface area contributed by atoms with Crippen LogP contribution in [0.15, 0.2) is 53.9 Å². The molecule has 0 fully saturated rings. The maximum atomic E-state index is 9.96. The predicted molar refractivity (Wildman–Crippen MR) is 130 cm³/mol. The van der Waals surface area contributed by atoms with Crippen molar-refractivity contribution in [2.75, 3.05) is 13.7 Å². The molecule has 0 amide bonds.